The number of likely N-dealkylation sites (tertiary alicyclic amines) is 1. The molecule has 4 rings (SSSR count). The molecule has 1 saturated heterocycles. The van der Waals surface area contributed by atoms with Gasteiger partial charge in [-0.05, 0) is 62.0 Å². The van der Waals surface area contributed by atoms with E-state index in [1.807, 2.05) is 34.6 Å². The Balaban J connectivity index is 1.58. The van der Waals surface area contributed by atoms with Gasteiger partial charge in [0.2, 0.25) is 11.8 Å². The molecule has 0 bridgehead atoms. The van der Waals surface area contributed by atoms with E-state index in [4.69, 9.17) is 4.74 Å². The van der Waals surface area contributed by atoms with E-state index in [1.54, 1.807) is 39.0 Å². The van der Waals surface area contributed by atoms with Crippen molar-refractivity contribution >= 4 is 33.8 Å². The highest BCUT2D eigenvalue weighted by Crippen LogP contribution is 2.65. The number of carbonyl (C=O) groups excluding carboxylic acids is 4. The first-order chi connectivity index (χ1) is 19.7. The summed E-state index contributed by atoms with van der Waals surface area (Å²) < 4.78 is 33.4. The Kier molecular flexibility index (Phi) is 8.04. The predicted molar refractivity (Wildman–Crippen MR) is 160 cm³/mol. The highest BCUT2D eigenvalue weighted by Gasteiger charge is 2.71. The summed E-state index contributed by atoms with van der Waals surface area (Å²) in [5.41, 5.74) is -3.23. The van der Waals surface area contributed by atoms with Gasteiger partial charge in [0, 0.05) is 12.5 Å². The summed E-state index contributed by atoms with van der Waals surface area (Å²) in [4.78, 5) is 55.7. The van der Waals surface area contributed by atoms with Crippen LogP contribution in [0.25, 0.3) is 0 Å². The average Bonchev–Trinajstić information content (AvgIpc) is 3.63. The number of ether oxygens (including phenoxy) is 1. The number of hydrogen-bond acceptors (Lipinski definition) is 7. The topological polar surface area (TPSA) is 151 Å². The number of amides is 4. The molecule has 6 atom stereocenters. The molecule has 3 fully saturated rings. The van der Waals surface area contributed by atoms with Crippen molar-refractivity contribution < 1.29 is 32.3 Å². The fourth-order valence-corrected chi connectivity index (χ4v) is 7.31. The standard InChI is InChI=1S/C31H44N4O7S/c1-10-18-16-31(18,26(38)34-43(40,41)19-14-12-11-13-15-19)33-24(36)22-21-20(30(21,8)9)17-35(22)25(37)23(28(2,3)4)32-27(39)42-29(5,6)7/h10-15,18,20-23H,1,16-17H2,2-9H3,(H,32,39)(H,33,36)(H,34,38)/t18-,20+,21?,22+,23-,31-/m1/s1. The van der Waals surface area contributed by atoms with Crippen LogP contribution in [0.3, 0.4) is 0 Å². The molecule has 3 N–H and O–H groups in total. The van der Waals surface area contributed by atoms with Crippen molar-refractivity contribution in [2.24, 2.45) is 28.6 Å². The Morgan fingerprint density at radius 1 is 1.07 bits per heavy atom. The van der Waals surface area contributed by atoms with Crippen molar-refractivity contribution in [3.63, 3.8) is 0 Å². The number of nitrogens with zero attached hydrogens (tertiary/aromatic N) is 1. The van der Waals surface area contributed by atoms with E-state index in [9.17, 15) is 27.6 Å². The van der Waals surface area contributed by atoms with Crippen LogP contribution >= 0.6 is 0 Å². The van der Waals surface area contributed by atoms with Gasteiger partial charge in [0.15, 0.2) is 0 Å². The highest BCUT2D eigenvalue weighted by atomic mass is 32.2. The van der Waals surface area contributed by atoms with Crippen LogP contribution in [0.4, 0.5) is 4.79 Å². The van der Waals surface area contributed by atoms with Gasteiger partial charge in [0.25, 0.3) is 15.9 Å². The van der Waals surface area contributed by atoms with Crippen LogP contribution in [0.1, 0.15) is 61.8 Å². The van der Waals surface area contributed by atoms with Gasteiger partial charge >= 0.3 is 6.09 Å². The van der Waals surface area contributed by atoms with Crippen LogP contribution in [0.15, 0.2) is 47.9 Å². The third-order valence-electron chi connectivity index (χ3n) is 8.87. The monoisotopic (exact) mass is 616 g/mol. The van der Waals surface area contributed by atoms with Crippen molar-refractivity contribution in [2.45, 2.75) is 89.9 Å². The molecule has 3 aliphatic rings. The lowest BCUT2D eigenvalue weighted by Gasteiger charge is -2.38. The van der Waals surface area contributed by atoms with E-state index in [1.165, 1.54) is 23.1 Å². The molecule has 236 valence electrons. The first-order valence-electron chi connectivity index (χ1n) is 14.5. The third-order valence-corrected chi connectivity index (χ3v) is 10.2. The highest BCUT2D eigenvalue weighted by molar-refractivity contribution is 7.90. The van der Waals surface area contributed by atoms with Gasteiger partial charge in [-0.1, -0.05) is 58.9 Å². The molecule has 1 unspecified atom stereocenters. The number of benzene rings is 1. The predicted octanol–water partition coefficient (Wildman–Crippen LogP) is 2.97. The van der Waals surface area contributed by atoms with Gasteiger partial charge in [-0.25, -0.2) is 17.9 Å². The summed E-state index contributed by atoms with van der Waals surface area (Å²) in [5.74, 6) is -2.46. The van der Waals surface area contributed by atoms with E-state index in [-0.39, 0.29) is 28.6 Å². The Labute approximate surface area is 254 Å². The average molecular weight is 617 g/mol. The molecule has 1 heterocycles. The normalized spacial score (nSPS) is 28.1. The molecule has 2 saturated carbocycles. The first kappa shape index (κ1) is 32.5. The van der Waals surface area contributed by atoms with Crippen molar-refractivity contribution in [1.29, 1.82) is 0 Å². The molecule has 1 aromatic carbocycles. The van der Waals surface area contributed by atoms with Crippen molar-refractivity contribution in [3.05, 3.63) is 43.0 Å². The lowest BCUT2D eigenvalue weighted by atomic mass is 9.85. The number of sulfonamides is 1. The molecule has 1 aliphatic heterocycles. The number of piperidine rings is 1. The molecule has 0 aromatic heterocycles. The summed E-state index contributed by atoms with van der Waals surface area (Å²) in [6.45, 7) is 18.7. The van der Waals surface area contributed by atoms with Crippen LogP contribution in [0, 0.1) is 28.6 Å². The minimum Gasteiger partial charge on any atom is -0.444 e. The fourth-order valence-electron chi connectivity index (χ4n) is 6.25. The largest absolute Gasteiger partial charge is 0.444 e. The van der Waals surface area contributed by atoms with Crippen LogP contribution in [-0.2, 0) is 29.1 Å². The van der Waals surface area contributed by atoms with Crippen molar-refractivity contribution in [1.82, 2.24) is 20.3 Å². The summed E-state index contributed by atoms with van der Waals surface area (Å²) in [6.07, 6.45) is 0.937. The van der Waals surface area contributed by atoms with Crippen LogP contribution in [0.5, 0.6) is 0 Å². The zero-order valence-electron chi connectivity index (χ0n) is 26.2. The SMILES string of the molecule is C=C[C@@H]1C[C@]1(NC(=O)[C@@H]1C2[C@H](CN1C(=O)[C@@H](NC(=O)OC(C)(C)C)C(C)(C)C)C2(C)C)C(=O)NS(=O)(=O)c1ccccc1. The smallest absolute Gasteiger partial charge is 0.408 e. The van der Waals surface area contributed by atoms with Crippen molar-refractivity contribution in [2.75, 3.05) is 6.54 Å². The van der Waals surface area contributed by atoms with Gasteiger partial charge in [-0.2, -0.15) is 0 Å². The molecule has 0 spiro atoms. The maximum Gasteiger partial charge on any atom is 0.408 e. The summed E-state index contributed by atoms with van der Waals surface area (Å²) >= 11 is 0. The number of alkyl carbamates (subject to hydrolysis) is 1. The summed E-state index contributed by atoms with van der Waals surface area (Å²) in [6, 6.07) is 5.57. The van der Waals surface area contributed by atoms with Crippen molar-refractivity contribution in [3.8, 4) is 0 Å². The Hall–Kier alpha value is -3.41. The molecule has 12 heteroatoms. The van der Waals surface area contributed by atoms with E-state index >= 15 is 0 Å². The van der Waals surface area contributed by atoms with Crippen LogP contribution < -0.4 is 15.4 Å². The molecule has 11 nitrogen and oxygen atoms in total. The Morgan fingerprint density at radius 3 is 2.19 bits per heavy atom. The van der Waals surface area contributed by atoms with E-state index in [2.05, 4.69) is 21.9 Å². The minimum atomic E-state index is -4.19. The van der Waals surface area contributed by atoms with Crippen LogP contribution in [0.2, 0.25) is 0 Å². The zero-order chi connectivity index (χ0) is 32.3. The molecule has 4 amide bonds. The van der Waals surface area contributed by atoms with E-state index < -0.39 is 68.4 Å². The summed E-state index contributed by atoms with van der Waals surface area (Å²) in [5, 5.41) is 5.53. The van der Waals surface area contributed by atoms with Crippen LogP contribution in [-0.4, -0.2) is 66.9 Å². The Morgan fingerprint density at radius 2 is 1.67 bits per heavy atom. The maximum atomic E-state index is 14.1. The zero-order valence-corrected chi connectivity index (χ0v) is 27.0. The maximum absolute atomic E-state index is 14.1. The molecular weight excluding hydrogens is 572 g/mol. The first-order valence-corrected chi connectivity index (χ1v) is 16.0. The number of fused-ring (bicyclic) bond motifs is 1. The molecule has 1 aromatic rings. The van der Waals surface area contributed by atoms with Gasteiger partial charge < -0.3 is 20.3 Å². The molecule has 43 heavy (non-hydrogen) atoms. The Bertz CT molecular complexity index is 1430. The second kappa shape index (κ2) is 10.6. The fraction of sp³-hybridized carbons (Fsp3) is 0.613. The molecular formula is C31H44N4O7S. The quantitative estimate of drug-likeness (QED) is 0.380. The number of nitrogens with one attached hydrogen (secondary N) is 3. The lowest BCUT2D eigenvalue weighted by molar-refractivity contribution is -0.144. The molecule has 2 aliphatic carbocycles. The van der Waals surface area contributed by atoms with E-state index in [0.29, 0.717) is 6.54 Å². The number of hydrogen-bond donors (Lipinski definition) is 3. The second-order valence-corrected chi connectivity index (χ2v) is 16.3. The summed E-state index contributed by atoms with van der Waals surface area (Å²) in [7, 11) is -4.19. The van der Waals surface area contributed by atoms with Gasteiger partial charge in [-0.15, -0.1) is 6.58 Å². The number of rotatable bonds is 8. The van der Waals surface area contributed by atoms with Gasteiger partial charge in [0.1, 0.15) is 23.2 Å². The number of carbonyl (C=O) groups is 4. The minimum absolute atomic E-state index is 0.0481. The third kappa shape index (κ3) is 6.30. The lowest BCUT2D eigenvalue weighted by Crippen LogP contribution is -2.61. The van der Waals surface area contributed by atoms with E-state index in [0.717, 1.165) is 0 Å². The second-order valence-electron chi connectivity index (χ2n) is 14.6. The molecule has 0 radical (unpaired) electrons. The van der Waals surface area contributed by atoms with Gasteiger partial charge in [-0.3, -0.25) is 14.4 Å². The van der Waals surface area contributed by atoms with Gasteiger partial charge in [0.05, 0.1) is 4.90 Å².